The number of carbonyl (C=O) groups excluding carboxylic acids is 1. The summed E-state index contributed by atoms with van der Waals surface area (Å²) in [5.74, 6) is 0.0706. The van der Waals surface area contributed by atoms with Crippen LogP contribution in [0.15, 0.2) is 74.1 Å². The summed E-state index contributed by atoms with van der Waals surface area (Å²) in [6.07, 6.45) is 3.91. The van der Waals surface area contributed by atoms with Gasteiger partial charge in [-0.05, 0) is 54.3 Å². The highest BCUT2D eigenvalue weighted by Gasteiger charge is 2.34. The minimum Gasteiger partial charge on any atom is -0.294 e. The van der Waals surface area contributed by atoms with Gasteiger partial charge in [-0.1, -0.05) is 63.1 Å². The number of allylic oxidation sites excluding steroid dienone is 2. The predicted molar refractivity (Wildman–Crippen MR) is 123 cm³/mol. The van der Waals surface area contributed by atoms with Crippen molar-refractivity contribution in [1.29, 1.82) is 0 Å². The molecular weight excluding hydrogens is 484 g/mol. The van der Waals surface area contributed by atoms with Crippen LogP contribution in [0, 0.1) is 0 Å². The third kappa shape index (κ3) is 3.43. The van der Waals surface area contributed by atoms with Gasteiger partial charge in [-0.3, -0.25) is 14.2 Å². The molecule has 0 radical (unpaired) electrons. The number of halogens is 2. The summed E-state index contributed by atoms with van der Waals surface area (Å²) in [7, 11) is 0. The molecule has 0 fully saturated rings. The van der Waals surface area contributed by atoms with Crippen molar-refractivity contribution in [1.82, 2.24) is 4.57 Å². The number of rotatable bonds is 2. The molecule has 0 saturated heterocycles. The fraction of sp³-hybridized carbons (Fsp3) is 0.174. The van der Waals surface area contributed by atoms with Crippen LogP contribution in [0.25, 0.3) is 6.08 Å². The van der Waals surface area contributed by atoms with E-state index in [-0.39, 0.29) is 11.3 Å². The third-order valence-electron chi connectivity index (χ3n) is 5.36. The summed E-state index contributed by atoms with van der Waals surface area (Å²) in [5.41, 5.74) is 3.11. The number of Topliss-reactive ketones (excluding diaryl/α,β-unsaturated/α-hetero) is 1. The number of fused-ring (bicyclic) bond motifs is 1. The van der Waals surface area contributed by atoms with Gasteiger partial charge < -0.3 is 0 Å². The van der Waals surface area contributed by atoms with E-state index in [0.29, 0.717) is 26.4 Å². The van der Waals surface area contributed by atoms with Gasteiger partial charge >= 0.3 is 0 Å². The first-order valence-corrected chi connectivity index (χ1v) is 11.6. The van der Waals surface area contributed by atoms with Crippen molar-refractivity contribution in [3.63, 3.8) is 0 Å². The van der Waals surface area contributed by atoms with Crippen LogP contribution in [0.3, 0.4) is 0 Å². The van der Waals surface area contributed by atoms with E-state index in [2.05, 4.69) is 15.9 Å². The fourth-order valence-electron chi connectivity index (χ4n) is 4.02. The Kier molecular flexibility index (Phi) is 5.09. The van der Waals surface area contributed by atoms with Gasteiger partial charge in [-0.15, -0.1) is 0 Å². The Balaban J connectivity index is 1.76. The van der Waals surface area contributed by atoms with E-state index in [1.54, 1.807) is 16.7 Å². The maximum absolute atomic E-state index is 13.4. The topological polar surface area (TPSA) is 51.4 Å². The Hall–Kier alpha value is -2.28. The van der Waals surface area contributed by atoms with E-state index in [9.17, 15) is 9.59 Å². The van der Waals surface area contributed by atoms with Crippen LogP contribution in [-0.2, 0) is 4.79 Å². The molecule has 2 aliphatic rings. The zero-order chi connectivity index (χ0) is 20.8. The van der Waals surface area contributed by atoms with Crippen molar-refractivity contribution < 1.29 is 4.79 Å². The minimum atomic E-state index is -0.467. The predicted octanol–water partition coefficient (Wildman–Crippen LogP) is 4.38. The minimum absolute atomic E-state index is 0.0706. The molecule has 30 heavy (non-hydrogen) atoms. The van der Waals surface area contributed by atoms with Crippen molar-refractivity contribution in [2.24, 2.45) is 4.99 Å². The maximum atomic E-state index is 13.4. The quantitative estimate of drug-likeness (QED) is 0.525. The van der Waals surface area contributed by atoms with Crippen LogP contribution in [-0.4, -0.2) is 10.4 Å². The second-order valence-corrected chi connectivity index (χ2v) is 9.69. The fourth-order valence-corrected chi connectivity index (χ4v) is 5.58. The van der Waals surface area contributed by atoms with E-state index in [4.69, 9.17) is 16.6 Å². The van der Waals surface area contributed by atoms with Gasteiger partial charge in [-0.2, -0.15) is 0 Å². The zero-order valence-electron chi connectivity index (χ0n) is 15.8. The molecule has 5 rings (SSSR count). The normalized spacial score (nSPS) is 18.8. The molecule has 1 aromatic heterocycles. The molecule has 0 N–H and O–H groups in total. The highest BCUT2D eigenvalue weighted by atomic mass is 79.9. The smallest absolute Gasteiger partial charge is 0.271 e. The van der Waals surface area contributed by atoms with E-state index in [1.807, 2.05) is 42.5 Å². The standard InChI is InChI=1S/C23H16BrClN2O2S/c24-15-4-1-3-13(11-15)12-19-22(29)27-21(14-7-9-16(25)10-8-14)20-17(26-23(27)30-19)5-2-6-18(20)28/h1,3-4,7-12,21H,2,5-6H2. The third-order valence-corrected chi connectivity index (χ3v) is 7.09. The summed E-state index contributed by atoms with van der Waals surface area (Å²) in [6.45, 7) is 0. The van der Waals surface area contributed by atoms with Gasteiger partial charge in [0.25, 0.3) is 5.56 Å². The monoisotopic (exact) mass is 498 g/mol. The highest BCUT2D eigenvalue weighted by molar-refractivity contribution is 9.10. The first kappa shape index (κ1) is 19.7. The number of thiazole rings is 1. The Labute approximate surface area is 190 Å². The van der Waals surface area contributed by atoms with Crippen LogP contribution in [0.1, 0.15) is 36.4 Å². The molecule has 0 saturated carbocycles. The van der Waals surface area contributed by atoms with E-state index in [0.717, 1.165) is 34.1 Å². The van der Waals surface area contributed by atoms with Crippen molar-refractivity contribution in [3.8, 4) is 0 Å². The Bertz CT molecular complexity index is 1390. The average molecular weight is 500 g/mol. The maximum Gasteiger partial charge on any atom is 0.271 e. The second kappa shape index (κ2) is 7.76. The van der Waals surface area contributed by atoms with E-state index >= 15 is 0 Å². The number of nitrogens with zero attached hydrogens (tertiary/aromatic N) is 2. The molecule has 1 aliphatic heterocycles. The molecule has 2 aromatic carbocycles. The van der Waals surface area contributed by atoms with Gasteiger partial charge in [0.15, 0.2) is 10.6 Å². The number of hydrogen-bond acceptors (Lipinski definition) is 4. The summed E-state index contributed by atoms with van der Waals surface area (Å²) >= 11 is 10.9. The lowest BCUT2D eigenvalue weighted by Crippen LogP contribution is -2.40. The molecule has 1 aliphatic carbocycles. The molecule has 0 amide bonds. The largest absolute Gasteiger partial charge is 0.294 e. The number of ketones is 1. The molecule has 7 heteroatoms. The Morgan fingerprint density at radius 1 is 1.13 bits per heavy atom. The van der Waals surface area contributed by atoms with Gasteiger partial charge in [-0.25, -0.2) is 4.99 Å². The number of hydrogen-bond donors (Lipinski definition) is 0. The summed E-state index contributed by atoms with van der Waals surface area (Å²) < 4.78 is 3.21. The molecular formula is C23H16BrClN2O2S. The van der Waals surface area contributed by atoms with Gasteiger partial charge in [0.2, 0.25) is 0 Å². The Morgan fingerprint density at radius 3 is 2.70 bits per heavy atom. The highest BCUT2D eigenvalue weighted by Crippen LogP contribution is 2.36. The zero-order valence-corrected chi connectivity index (χ0v) is 18.9. The van der Waals surface area contributed by atoms with E-state index < -0.39 is 6.04 Å². The van der Waals surface area contributed by atoms with Gasteiger partial charge in [0.1, 0.15) is 0 Å². The number of aromatic nitrogens is 1. The second-order valence-electron chi connectivity index (χ2n) is 7.33. The molecule has 150 valence electrons. The summed E-state index contributed by atoms with van der Waals surface area (Å²) in [5, 5.41) is 0.616. The lowest BCUT2D eigenvalue weighted by atomic mass is 9.86. The number of carbonyl (C=O) groups is 1. The van der Waals surface area contributed by atoms with Crippen molar-refractivity contribution in [3.05, 3.63) is 100 Å². The lowest BCUT2D eigenvalue weighted by molar-refractivity contribution is -0.116. The summed E-state index contributed by atoms with van der Waals surface area (Å²) in [4.78, 5) is 31.7. The first-order chi connectivity index (χ1) is 14.5. The summed E-state index contributed by atoms with van der Waals surface area (Å²) in [6, 6.07) is 14.7. The average Bonchev–Trinajstić information content (AvgIpc) is 3.02. The van der Waals surface area contributed by atoms with Gasteiger partial charge in [0, 0.05) is 21.5 Å². The van der Waals surface area contributed by atoms with E-state index in [1.165, 1.54) is 11.3 Å². The molecule has 4 nitrogen and oxygen atoms in total. The number of benzene rings is 2. The molecule has 1 unspecified atom stereocenters. The molecule has 3 aromatic rings. The lowest BCUT2D eigenvalue weighted by Gasteiger charge is -2.28. The van der Waals surface area contributed by atoms with Crippen molar-refractivity contribution >= 4 is 50.7 Å². The van der Waals surface area contributed by atoms with Gasteiger partial charge in [0.05, 0.1) is 16.3 Å². The van der Waals surface area contributed by atoms with Crippen molar-refractivity contribution in [2.45, 2.75) is 25.3 Å². The SMILES string of the molecule is O=C1CCCC2=C1C(c1ccc(Cl)cc1)n1c(sc(=Cc3cccc(Br)c3)c1=O)=N2. The van der Waals surface area contributed by atoms with Crippen LogP contribution in [0.4, 0.5) is 0 Å². The van der Waals surface area contributed by atoms with Crippen LogP contribution < -0.4 is 14.9 Å². The Morgan fingerprint density at radius 2 is 1.93 bits per heavy atom. The molecule has 2 heterocycles. The van der Waals surface area contributed by atoms with Crippen LogP contribution >= 0.6 is 38.9 Å². The molecule has 0 spiro atoms. The van der Waals surface area contributed by atoms with Crippen LogP contribution in [0.5, 0.6) is 0 Å². The first-order valence-electron chi connectivity index (χ1n) is 9.60. The molecule has 1 atom stereocenters. The van der Waals surface area contributed by atoms with Crippen LogP contribution in [0.2, 0.25) is 5.02 Å². The molecule has 0 bridgehead atoms. The van der Waals surface area contributed by atoms with Crippen molar-refractivity contribution in [2.75, 3.05) is 0 Å².